The minimum absolute atomic E-state index is 0.753. The Kier molecular flexibility index (Phi) is 3.52. The van der Waals surface area contributed by atoms with Gasteiger partial charge in [-0.25, -0.2) is 4.98 Å². The van der Waals surface area contributed by atoms with Gasteiger partial charge >= 0.3 is 0 Å². The summed E-state index contributed by atoms with van der Waals surface area (Å²) in [6, 6.07) is 3.88. The maximum atomic E-state index is 5.18. The molecule has 0 atom stereocenters. The average Bonchev–Trinajstić information content (AvgIpc) is 3.15. The van der Waals surface area contributed by atoms with Crippen LogP contribution >= 0.6 is 11.8 Å². The number of hydrogen-bond donors (Lipinski definition) is 0. The third kappa shape index (κ3) is 2.49. The van der Waals surface area contributed by atoms with Crippen LogP contribution in [0.1, 0.15) is 17.0 Å². The van der Waals surface area contributed by atoms with Crippen molar-refractivity contribution in [1.29, 1.82) is 0 Å². The Balaban J connectivity index is 1.89. The molecule has 1 aliphatic heterocycles. The molecule has 0 saturated carbocycles. The van der Waals surface area contributed by atoms with Crippen LogP contribution in [0, 0.1) is 20.8 Å². The molecule has 3 aromatic heterocycles. The average molecular weight is 329 g/mol. The Morgan fingerprint density at radius 2 is 1.87 bits per heavy atom. The van der Waals surface area contributed by atoms with Crippen LogP contribution in [0.2, 0.25) is 0 Å². The van der Waals surface area contributed by atoms with Crippen LogP contribution in [-0.2, 0) is 0 Å². The van der Waals surface area contributed by atoms with Gasteiger partial charge in [-0.05, 0) is 20.8 Å². The molecule has 0 radical (unpaired) electrons. The predicted octanol–water partition coefficient (Wildman–Crippen LogP) is 2.86. The molecule has 0 spiro atoms. The number of hydrogen-bond acceptors (Lipinski definition) is 6. The van der Waals surface area contributed by atoms with Crippen molar-refractivity contribution in [2.45, 2.75) is 20.8 Å². The Hall–Kier alpha value is -2.02. The second kappa shape index (κ2) is 5.56. The van der Waals surface area contributed by atoms with E-state index >= 15 is 0 Å². The molecule has 0 aliphatic carbocycles. The summed E-state index contributed by atoms with van der Waals surface area (Å²) in [6.45, 7) is 8.16. The lowest BCUT2D eigenvalue weighted by Gasteiger charge is -2.30. The van der Waals surface area contributed by atoms with Crippen molar-refractivity contribution in [2.75, 3.05) is 29.5 Å². The van der Waals surface area contributed by atoms with Gasteiger partial charge in [-0.2, -0.15) is 21.4 Å². The van der Waals surface area contributed by atoms with Crippen molar-refractivity contribution in [3.8, 4) is 11.4 Å². The van der Waals surface area contributed by atoms with Gasteiger partial charge in [0.25, 0.3) is 0 Å². The van der Waals surface area contributed by atoms with Crippen molar-refractivity contribution < 1.29 is 4.52 Å². The van der Waals surface area contributed by atoms with Gasteiger partial charge in [0.05, 0.1) is 0 Å². The molecule has 0 amide bonds. The number of aryl methyl sites for hydroxylation is 2. The molecule has 0 N–H and O–H groups in total. The van der Waals surface area contributed by atoms with E-state index in [1.165, 1.54) is 5.56 Å². The Morgan fingerprint density at radius 3 is 2.57 bits per heavy atom. The molecular weight excluding hydrogens is 310 g/mol. The van der Waals surface area contributed by atoms with Crippen LogP contribution in [0.3, 0.4) is 0 Å². The molecule has 3 aromatic rings. The molecule has 1 saturated heterocycles. The summed E-state index contributed by atoms with van der Waals surface area (Å²) in [7, 11) is 0. The smallest absolute Gasteiger partial charge is 0.158 e. The number of rotatable bonds is 2. The fourth-order valence-electron chi connectivity index (χ4n) is 2.94. The van der Waals surface area contributed by atoms with E-state index in [1.807, 2.05) is 35.3 Å². The van der Waals surface area contributed by atoms with Gasteiger partial charge < -0.3 is 9.42 Å². The second-order valence-electron chi connectivity index (χ2n) is 5.87. The minimum Gasteiger partial charge on any atom is -0.361 e. The van der Waals surface area contributed by atoms with Crippen molar-refractivity contribution >= 4 is 23.2 Å². The summed E-state index contributed by atoms with van der Waals surface area (Å²) >= 11 is 2.00. The van der Waals surface area contributed by atoms with Crippen molar-refractivity contribution in [1.82, 2.24) is 19.8 Å². The quantitative estimate of drug-likeness (QED) is 0.720. The first-order valence-corrected chi connectivity index (χ1v) is 8.92. The first kappa shape index (κ1) is 14.6. The van der Waals surface area contributed by atoms with Gasteiger partial charge in [0.2, 0.25) is 0 Å². The summed E-state index contributed by atoms with van der Waals surface area (Å²) in [5.74, 6) is 4.24. The molecule has 0 unspecified atom stereocenters. The molecule has 0 bridgehead atoms. The van der Waals surface area contributed by atoms with E-state index in [0.29, 0.717) is 0 Å². The molecule has 23 heavy (non-hydrogen) atoms. The second-order valence-corrected chi connectivity index (χ2v) is 7.09. The van der Waals surface area contributed by atoms with Crippen LogP contribution in [0.25, 0.3) is 17.0 Å². The predicted molar refractivity (Wildman–Crippen MR) is 92.2 cm³/mol. The fourth-order valence-corrected chi connectivity index (χ4v) is 3.84. The van der Waals surface area contributed by atoms with Gasteiger partial charge in [0.1, 0.15) is 23.0 Å². The highest BCUT2D eigenvalue weighted by atomic mass is 32.2. The SMILES string of the molecule is Cc1cc(-c2cc3nc(C)c(C)c(N4CCSCC4)n3n2)no1. The van der Waals surface area contributed by atoms with Gasteiger partial charge in [-0.1, -0.05) is 5.16 Å². The van der Waals surface area contributed by atoms with Gasteiger partial charge in [-0.15, -0.1) is 0 Å². The standard InChI is InChI=1S/C16H19N5OS/c1-10-8-14(19-22-10)13-9-15-17-12(3)11(2)16(21(15)18-13)20-4-6-23-7-5-20/h8-9H,4-7H2,1-3H3. The molecule has 6 nitrogen and oxygen atoms in total. The normalized spacial score (nSPS) is 15.5. The molecule has 0 aromatic carbocycles. The molecule has 1 fully saturated rings. The summed E-state index contributed by atoms with van der Waals surface area (Å²) in [4.78, 5) is 7.11. The lowest BCUT2D eigenvalue weighted by Crippen LogP contribution is -2.35. The van der Waals surface area contributed by atoms with E-state index in [2.05, 4.69) is 23.9 Å². The van der Waals surface area contributed by atoms with Crippen LogP contribution in [-0.4, -0.2) is 44.3 Å². The number of thioether (sulfide) groups is 1. The molecule has 4 rings (SSSR count). The largest absolute Gasteiger partial charge is 0.361 e. The third-order valence-corrected chi connectivity index (χ3v) is 5.20. The van der Waals surface area contributed by atoms with Gasteiger partial charge in [0, 0.05) is 48.0 Å². The van der Waals surface area contributed by atoms with Gasteiger partial charge in [0.15, 0.2) is 5.65 Å². The molecule has 7 heteroatoms. The van der Waals surface area contributed by atoms with E-state index in [0.717, 1.165) is 58.9 Å². The number of nitrogens with zero attached hydrogens (tertiary/aromatic N) is 5. The molecule has 1 aliphatic rings. The van der Waals surface area contributed by atoms with Crippen LogP contribution in [0.15, 0.2) is 16.7 Å². The number of anilines is 1. The Bertz CT molecular complexity index is 863. The molecular formula is C16H19N5OS. The fraction of sp³-hybridized carbons (Fsp3) is 0.438. The maximum Gasteiger partial charge on any atom is 0.158 e. The van der Waals surface area contributed by atoms with Crippen molar-refractivity contribution in [2.24, 2.45) is 0 Å². The zero-order chi connectivity index (χ0) is 16.0. The zero-order valence-corrected chi connectivity index (χ0v) is 14.4. The Labute approximate surface area is 138 Å². The van der Waals surface area contributed by atoms with E-state index in [1.54, 1.807) is 0 Å². The van der Waals surface area contributed by atoms with Crippen LogP contribution in [0.5, 0.6) is 0 Å². The van der Waals surface area contributed by atoms with Crippen LogP contribution in [0.4, 0.5) is 5.82 Å². The van der Waals surface area contributed by atoms with E-state index in [-0.39, 0.29) is 0 Å². The summed E-state index contributed by atoms with van der Waals surface area (Å²) in [5.41, 5.74) is 4.65. The first-order chi connectivity index (χ1) is 11.1. The topological polar surface area (TPSA) is 59.5 Å². The highest BCUT2D eigenvalue weighted by molar-refractivity contribution is 7.99. The lowest BCUT2D eigenvalue weighted by molar-refractivity contribution is 0.399. The lowest BCUT2D eigenvalue weighted by atomic mass is 10.2. The summed E-state index contributed by atoms with van der Waals surface area (Å²) in [6.07, 6.45) is 0. The number of aromatic nitrogens is 4. The highest BCUT2D eigenvalue weighted by Crippen LogP contribution is 2.28. The number of fused-ring (bicyclic) bond motifs is 1. The van der Waals surface area contributed by atoms with E-state index < -0.39 is 0 Å². The van der Waals surface area contributed by atoms with E-state index in [4.69, 9.17) is 14.6 Å². The van der Waals surface area contributed by atoms with Crippen LogP contribution < -0.4 is 4.90 Å². The molecule has 4 heterocycles. The first-order valence-electron chi connectivity index (χ1n) is 7.77. The summed E-state index contributed by atoms with van der Waals surface area (Å²) < 4.78 is 7.13. The summed E-state index contributed by atoms with van der Waals surface area (Å²) in [5, 5.41) is 8.83. The van der Waals surface area contributed by atoms with Crippen molar-refractivity contribution in [3.63, 3.8) is 0 Å². The zero-order valence-electron chi connectivity index (χ0n) is 13.5. The molecule has 120 valence electrons. The third-order valence-electron chi connectivity index (χ3n) is 4.25. The van der Waals surface area contributed by atoms with E-state index in [9.17, 15) is 0 Å². The monoisotopic (exact) mass is 329 g/mol. The van der Waals surface area contributed by atoms with Gasteiger partial charge in [-0.3, -0.25) is 0 Å². The highest BCUT2D eigenvalue weighted by Gasteiger charge is 2.21. The van der Waals surface area contributed by atoms with Crippen molar-refractivity contribution in [3.05, 3.63) is 29.2 Å². The maximum absolute atomic E-state index is 5.18. The minimum atomic E-state index is 0.753. The Morgan fingerprint density at radius 1 is 1.09 bits per heavy atom.